The number of nitrogens with zero attached hydrogens (tertiary/aromatic N) is 6. The third-order valence-electron chi connectivity index (χ3n) is 5.95. The van der Waals surface area contributed by atoms with Gasteiger partial charge in [0.1, 0.15) is 11.6 Å². The number of rotatable bonds is 6. The molecule has 2 aromatic rings. The van der Waals surface area contributed by atoms with Gasteiger partial charge < -0.3 is 19.4 Å². The molecule has 0 aliphatic carbocycles. The Morgan fingerprint density at radius 1 is 0.906 bits per heavy atom. The lowest BCUT2D eigenvalue weighted by Gasteiger charge is -2.36. The van der Waals surface area contributed by atoms with E-state index in [9.17, 15) is 8.42 Å². The molecule has 32 heavy (non-hydrogen) atoms. The number of aromatic nitrogens is 2. The first kappa shape index (κ1) is 22.8. The van der Waals surface area contributed by atoms with Crippen LogP contribution < -0.4 is 14.5 Å². The van der Waals surface area contributed by atoms with E-state index in [0.717, 1.165) is 37.7 Å². The third-order valence-corrected chi connectivity index (χ3v) is 7.86. The SMILES string of the molecule is CCOc1ccc(S(=O)(=O)N2CCN(c3nc(C)cc(N4CCN(C)CC4)n3)CC2)cc1. The van der Waals surface area contributed by atoms with E-state index in [1.807, 2.05) is 19.9 Å². The Balaban J connectivity index is 1.43. The molecule has 2 saturated heterocycles. The number of ether oxygens (including phenoxy) is 1. The molecule has 0 spiro atoms. The molecule has 10 heteroatoms. The molecule has 0 amide bonds. The topological polar surface area (TPSA) is 82.1 Å². The summed E-state index contributed by atoms with van der Waals surface area (Å²) in [5.74, 6) is 2.30. The van der Waals surface area contributed by atoms with E-state index < -0.39 is 10.0 Å². The summed E-state index contributed by atoms with van der Waals surface area (Å²) >= 11 is 0. The van der Waals surface area contributed by atoms with Crippen molar-refractivity contribution in [2.75, 3.05) is 75.8 Å². The quantitative estimate of drug-likeness (QED) is 0.641. The predicted octanol–water partition coefficient (Wildman–Crippen LogP) is 1.45. The summed E-state index contributed by atoms with van der Waals surface area (Å²) in [5, 5.41) is 0. The van der Waals surface area contributed by atoms with Crippen molar-refractivity contribution in [2.24, 2.45) is 0 Å². The number of aryl methyl sites for hydroxylation is 1. The van der Waals surface area contributed by atoms with Gasteiger partial charge >= 0.3 is 0 Å². The first-order chi connectivity index (χ1) is 15.4. The maximum absolute atomic E-state index is 13.1. The summed E-state index contributed by atoms with van der Waals surface area (Å²) < 4.78 is 33.1. The van der Waals surface area contributed by atoms with Gasteiger partial charge in [0.2, 0.25) is 16.0 Å². The van der Waals surface area contributed by atoms with Crippen LogP contribution in [0, 0.1) is 6.92 Å². The second-order valence-electron chi connectivity index (χ2n) is 8.25. The largest absolute Gasteiger partial charge is 0.494 e. The van der Waals surface area contributed by atoms with Crippen molar-refractivity contribution in [3.8, 4) is 5.75 Å². The molecule has 3 heterocycles. The van der Waals surface area contributed by atoms with Gasteiger partial charge in [0.05, 0.1) is 11.5 Å². The zero-order valence-electron chi connectivity index (χ0n) is 19.1. The molecule has 1 aromatic carbocycles. The van der Waals surface area contributed by atoms with Crippen molar-refractivity contribution in [1.82, 2.24) is 19.2 Å². The predicted molar refractivity (Wildman–Crippen MR) is 125 cm³/mol. The first-order valence-electron chi connectivity index (χ1n) is 11.1. The van der Waals surface area contributed by atoms with Crippen LogP contribution in [0.5, 0.6) is 5.75 Å². The van der Waals surface area contributed by atoms with Crippen LogP contribution >= 0.6 is 0 Å². The Morgan fingerprint density at radius 3 is 2.16 bits per heavy atom. The van der Waals surface area contributed by atoms with Gasteiger partial charge in [-0.3, -0.25) is 0 Å². The third kappa shape index (κ3) is 4.97. The van der Waals surface area contributed by atoms with Crippen molar-refractivity contribution in [2.45, 2.75) is 18.7 Å². The summed E-state index contributed by atoms with van der Waals surface area (Å²) in [6, 6.07) is 8.65. The molecule has 0 unspecified atom stereocenters. The number of anilines is 2. The number of hydrogen-bond donors (Lipinski definition) is 0. The minimum atomic E-state index is -3.54. The second kappa shape index (κ2) is 9.60. The van der Waals surface area contributed by atoms with E-state index in [1.165, 1.54) is 4.31 Å². The van der Waals surface area contributed by atoms with Crippen LogP contribution in [0.1, 0.15) is 12.6 Å². The van der Waals surface area contributed by atoms with Gasteiger partial charge in [-0.2, -0.15) is 9.29 Å². The van der Waals surface area contributed by atoms with E-state index in [2.05, 4.69) is 26.7 Å². The van der Waals surface area contributed by atoms with Crippen LogP contribution in [0.2, 0.25) is 0 Å². The highest BCUT2D eigenvalue weighted by molar-refractivity contribution is 7.89. The molecular weight excluding hydrogens is 428 g/mol. The van der Waals surface area contributed by atoms with Gasteiger partial charge in [0.25, 0.3) is 0 Å². The van der Waals surface area contributed by atoms with Crippen molar-refractivity contribution < 1.29 is 13.2 Å². The van der Waals surface area contributed by atoms with Crippen LogP contribution in [-0.2, 0) is 10.0 Å². The van der Waals surface area contributed by atoms with Crippen molar-refractivity contribution in [3.05, 3.63) is 36.0 Å². The molecule has 4 rings (SSSR count). The fraction of sp³-hybridized carbons (Fsp3) is 0.545. The number of benzene rings is 1. The molecule has 0 radical (unpaired) electrons. The molecule has 2 fully saturated rings. The lowest BCUT2D eigenvalue weighted by atomic mass is 10.3. The number of likely N-dealkylation sites (N-methyl/N-ethyl adjacent to an activating group) is 1. The van der Waals surface area contributed by atoms with Gasteiger partial charge in [-0.05, 0) is 45.2 Å². The lowest BCUT2D eigenvalue weighted by Crippen LogP contribution is -2.49. The maximum Gasteiger partial charge on any atom is 0.243 e. The molecule has 0 N–H and O–H groups in total. The van der Waals surface area contributed by atoms with E-state index in [-0.39, 0.29) is 0 Å². The molecule has 174 valence electrons. The number of piperazine rings is 2. The Labute approximate surface area is 190 Å². The van der Waals surface area contributed by atoms with Crippen LogP contribution in [0.4, 0.5) is 11.8 Å². The number of hydrogen-bond acceptors (Lipinski definition) is 8. The minimum Gasteiger partial charge on any atom is -0.494 e. The second-order valence-corrected chi connectivity index (χ2v) is 10.2. The molecule has 0 atom stereocenters. The van der Waals surface area contributed by atoms with E-state index in [4.69, 9.17) is 9.72 Å². The average Bonchev–Trinajstić information content (AvgIpc) is 2.80. The van der Waals surface area contributed by atoms with E-state index in [1.54, 1.807) is 24.3 Å². The molecule has 9 nitrogen and oxygen atoms in total. The zero-order chi connectivity index (χ0) is 22.7. The van der Waals surface area contributed by atoms with Gasteiger partial charge in [-0.15, -0.1) is 0 Å². The average molecular weight is 461 g/mol. The fourth-order valence-corrected chi connectivity index (χ4v) is 5.45. The minimum absolute atomic E-state index is 0.290. The standard InChI is InChI=1S/C22H32N6O3S/c1-4-31-19-5-7-20(8-6-19)32(29,30)28-15-13-27(14-16-28)22-23-18(2)17-21(24-22)26-11-9-25(3)10-12-26/h5-8,17H,4,9-16H2,1-3H3. The van der Waals surface area contributed by atoms with Crippen LogP contribution in [0.15, 0.2) is 35.2 Å². The molecule has 0 bridgehead atoms. The van der Waals surface area contributed by atoms with E-state index >= 15 is 0 Å². The smallest absolute Gasteiger partial charge is 0.243 e. The maximum atomic E-state index is 13.1. The van der Waals surface area contributed by atoms with Crippen molar-refractivity contribution >= 4 is 21.8 Å². The summed E-state index contributed by atoms with van der Waals surface area (Å²) in [4.78, 5) is 16.4. The Morgan fingerprint density at radius 2 is 1.53 bits per heavy atom. The summed E-state index contributed by atoms with van der Waals surface area (Å²) in [6.45, 7) is 10.3. The van der Waals surface area contributed by atoms with Crippen LogP contribution in [-0.4, -0.2) is 93.6 Å². The Kier molecular flexibility index (Phi) is 6.82. The van der Waals surface area contributed by atoms with Gasteiger partial charge in [-0.1, -0.05) is 0 Å². The summed E-state index contributed by atoms with van der Waals surface area (Å²) in [6.07, 6.45) is 0. The van der Waals surface area contributed by atoms with Gasteiger partial charge in [-0.25, -0.2) is 13.4 Å². The summed E-state index contributed by atoms with van der Waals surface area (Å²) in [5.41, 5.74) is 0.924. The first-order valence-corrected chi connectivity index (χ1v) is 12.6. The molecule has 0 saturated carbocycles. The van der Waals surface area contributed by atoms with Crippen LogP contribution in [0.25, 0.3) is 0 Å². The lowest BCUT2D eigenvalue weighted by molar-refractivity contribution is 0.312. The normalized spacial score (nSPS) is 18.7. The highest BCUT2D eigenvalue weighted by Gasteiger charge is 2.30. The molecular formula is C22H32N6O3S. The summed E-state index contributed by atoms with van der Waals surface area (Å²) in [7, 11) is -1.41. The number of sulfonamides is 1. The van der Waals surface area contributed by atoms with Crippen molar-refractivity contribution in [1.29, 1.82) is 0 Å². The molecule has 2 aliphatic rings. The van der Waals surface area contributed by atoms with Gasteiger partial charge in [0, 0.05) is 64.1 Å². The zero-order valence-corrected chi connectivity index (χ0v) is 19.9. The Hall–Kier alpha value is -2.43. The molecule has 1 aromatic heterocycles. The highest BCUT2D eigenvalue weighted by Crippen LogP contribution is 2.23. The molecule has 2 aliphatic heterocycles. The fourth-order valence-electron chi connectivity index (χ4n) is 4.03. The van der Waals surface area contributed by atoms with Gasteiger partial charge in [0.15, 0.2) is 0 Å². The Bertz CT molecular complexity index is 1010. The highest BCUT2D eigenvalue weighted by atomic mass is 32.2. The monoisotopic (exact) mass is 460 g/mol. The van der Waals surface area contributed by atoms with E-state index in [0.29, 0.717) is 49.4 Å². The van der Waals surface area contributed by atoms with Crippen molar-refractivity contribution in [3.63, 3.8) is 0 Å². The van der Waals surface area contributed by atoms with Crippen LogP contribution in [0.3, 0.4) is 0 Å².